The van der Waals surface area contributed by atoms with Crippen LogP contribution in [0.15, 0.2) is 79.3 Å². The molecule has 46 heavy (non-hydrogen) atoms. The molecule has 12 heteroatoms. The van der Waals surface area contributed by atoms with E-state index in [4.69, 9.17) is 16.3 Å². The second kappa shape index (κ2) is 12.4. The number of halogens is 2. The summed E-state index contributed by atoms with van der Waals surface area (Å²) in [6.45, 7) is 0.326. The van der Waals surface area contributed by atoms with E-state index >= 15 is 0 Å². The molecule has 3 aromatic heterocycles. The van der Waals surface area contributed by atoms with Crippen molar-refractivity contribution in [2.24, 2.45) is 0 Å². The van der Waals surface area contributed by atoms with Crippen molar-refractivity contribution in [1.29, 1.82) is 0 Å². The maximum Gasteiger partial charge on any atom is 0.246 e. The zero-order chi connectivity index (χ0) is 31.8. The van der Waals surface area contributed by atoms with Gasteiger partial charge in [-0.15, -0.1) is 11.3 Å². The largest absolute Gasteiger partial charge is 0.487 e. The number of aryl methyl sites for hydroxylation is 1. The smallest absolute Gasteiger partial charge is 0.246 e. The van der Waals surface area contributed by atoms with E-state index in [1.807, 2.05) is 55.5 Å². The summed E-state index contributed by atoms with van der Waals surface area (Å²) in [5.74, 6) is 0.737. The lowest BCUT2D eigenvalue weighted by atomic mass is 9.95. The number of aromatic nitrogens is 4. The summed E-state index contributed by atoms with van der Waals surface area (Å²) in [6.07, 6.45) is 4.88. The van der Waals surface area contributed by atoms with Gasteiger partial charge in [0.05, 0.1) is 16.6 Å². The van der Waals surface area contributed by atoms with E-state index in [1.165, 1.54) is 12.1 Å². The highest BCUT2D eigenvalue weighted by atomic mass is 35.5. The average Bonchev–Trinajstić information content (AvgIpc) is 3.63. The molecule has 3 aromatic carbocycles. The van der Waals surface area contributed by atoms with Gasteiger partial charge in [-0.3, -0.25) is 9.48 Å². The summed E-state index contributed by atoms with van der Waals surface area (Å²) in [4.78, 5) is 26.0. The number of nitrogens with zero attached hydrogens (tertiary/aromatic N) is 5. The number of ether oxygens (including phenoxy) is 1. The molecule has 2 N–H and O–H groups in total. The van der Waals surface area contributed by atoms with Gasteiger partial charge >= 0.3 is 0 Å². The number of fused-ring (bicyclic) bond motifs is 5. The Morgan fingerprint density at radius 2 is 1.89 bits per heavy atom. The first kappa shape index (κ1) is 29.7. The van der Waals surface area contributed by atoms with Gasteiger partial charge in [0.25, 0.3) is 0 Å². The number of anilines is 4. The summed E-state index contributed by atoms with van der Waals surface area (Å²) in [7, 11) is 3.95. The highest BCUT2D eigenvalue weighted by Crippen LogP contribution is 2.45. The Bertz CT molecular complexity index is 2080. The van der Waals surface area contributed by atoms with E-state index in [1.54, 1.807) is 46.6 Å². The Labute approximate surface area is 273 Å². The Balaban J connectivity index is 1.08. The number of carbonyl (C=O) groups excluding carboxylic acids is 1. The minimum absolute atomic E-state index is 0.125. The first-order valence-electron chi connectivity index (χ1n) is 14.6. The second-order valence-electron chi connectivity index (χ2n) is 11.2. The Hall–Kier alpha value is -5.00. The van der Waals surface area contributed by atoms with Crippen molar-refractivity contribution in [1.82, 2.24) is 19.7 Å². The summed E-state index contributed by atoms with van der Waals surface area (Å²) in [5.41, 5.74) is 6.46. The number of hydrogen-bond acceptors (Lipinski definition) is 8. The first-order chi connectivity index (χ1) is 22.3. The molecule has 0 radical (unpaired) electrons. The van der Waals surface area contributed by atoms with Crippen LogP contribution in [-0.4, -0.2) is 39.8 Å². The normalized spacial score (nSPS) is 12.0. The van der Waals surface area contributed by atoms with Crippen molar-refractivity contribution in [2.45, 2.75) is 26.0 Å². The lowest BCUT2D eigenvalue weighted by molar-refractivity contribution is -0.116. The highest BCUT2D eigenvalue weighted by Gasteiger charge is 2.27. The van der Waals surface area contributed by atoms with Crippen LogP contribution in [0.5, 0.6) is 5.75 Å². The molecule has 0 atom stereocenters. The standard InChI is InChI=1S/C34H29ClFN7O2S/c1-42(2)24-9-6-22(7-10-24)40-30(44)17-43-28-12-11-25-31-33(37-19-38-34(31)46-32(25)26(28)16-39-43)41-23-8-13-29(27(35)15-23)45-18-20-4-3-5-21(36)14-20/h3-10,13-16,19H,11-12,17-18H2,1-2H3,(H,40,44)(H,37,38,41). The van der Waals surface area contributed by atoms with E-state index in [-0.39, 0.29) is 24.9 Å². The van der Waals surface area contributed by atoms with Crippen LogP contribution >= 0.6 is 22.9 Å². The Morgan fingerprint density at radius 1 is 1.07 bits per heavy atom. The summed E-state index contributed by atoms with van der Waals surface area (Å²) >= 11 is 8.15. The van der Waals surface area contributed by atoms with Crippen molar-refractivity contribution < 1.29 is 13.9 Å². The predicted octanol–water partition coefficient (Wildman–Crippen LogP) is 7.47. The van der Waals surface area contributed by atoms with E-state index in [0.717, 1.165) is 61.8 Å². The predicted molar refractivity (Wildman–Crippen MR) is 181 cm³/mol. The fourth-order valence-electron chi connectivity index (χ4n) is 5.58. The van der Waals surface area contributed by atoms with Gasteiger partial charge in [0.15, 0.2) is 0 Å². The molecule has 6 aromatic rings. The highest BCUT2D eigenvalue weighted by molar-refractivity contribution is 7.22. The summed E-state index contributed by atoms with van der Waals surface area (Å²) in [6, 6.07) is 19.4. The minimum atomic E-state index is -0.311. The van der Waals surface area contributed by atoms with Gasteiger partial charge in [-0.25, -0.2) is 14.4 Å². The molecule has 0 saturated heterocycles. The van der Waals surface area contributed by atoms with Gasteiger partial charge in [-0.1, -0.05) is 23.7 Å². The maximum atomic E-state index is 13.5. The number of nitrogens with one attached hydrogen (secondary N) is 2. The van der Waals surface area contributed by atoms with Crippen LogP contribution in [0, 0.1) is 5.82 Å². The molecule has 0 aliphatic heterocycles. The number of benzene rings is 3. The molecule has 9 nitrogen and oxygen atoms in total. The van der Waals surface area contributed by atoms with Gasteiger partial charge in [-0.05, 0) is 78.6 Å². The van der Waals surface area contributed by atoms with Crippen LogP contribution in [0.25, 0.3) is 20.7 Å². The molecule has 232 valence electrons. The van der Waals surface area contributed by atoms with Gasteiger partial charge in [0, 0.05) is 47.3 Å². The fourth-order valence-corrected chi connectivity index (χ4v) is 7.04. The van der Waals surface area contributed by atoms with Gasteiger partial charge < -0.3 is 20.3 Å². The monoisotopic (exact) mass is 653 g/mol. The molecule has 1 amide bonds. The Kier molecular flexibility index (Phi) is 8.02. The zero-order valence-corrected chi connectivity index (χ0v) is 26.6. The quantitative estimate of drug-likeness (QED) is 0.167. The van der Waals surface area contributed by atoms with Gasteiger partial charge in [0.1, 0.15) is 41.7 Å². The molecule has 1 aliphatic rings. The third-order valence-corrected chi connectivity index (χ3v) is 9.30. The minimum Gasteiger partial charge on any atom is -0.487 e. The topological polar surface area (TPSA) is 97.2 Å². The van der Waals surface area contributed by atoms with Crippen LogP contribution in [-0.2, 0) is 30.8 Å². The third kappa shape index (κ3) is 5.99. The van der Waals surface area contributed by atoms with E-state index < -0.39 is 0 Å². The molecule has 0 spiro atoms. The van der Waals surface area contributed by atoms with Crippen LogP contribution in [0.4, 0.5) is 27.3 Å². The van der Waals surface area contributed by atoms with E-state index in [2.05, 4.69) is 25.7 Å². The van der Waals surface area contributed by atoms with E-state index in [0.29, 0.717) is 22.2 Å². The molecule has 1 aliphatic carbocycles. The molecule has 0 unspecified atom stereocenters. The molecular weight excluding hydrogens is 625 g/mol. The number of amides is 1. The average molecular weight is 654 g/mol. The van der Waals surface area contributed by atoms with Crippen molar-refractivity contribution in [2.75, 3.05) is 29.6 Å². The van der Waals surface area contributed by atoms with Crippen molar-refractivity contribution >= 4 is 61.9 Å². The maximum absolute atomic E-state index is 13.5. The lowest BCUT2D eigenvalue weighted by Gasteiger charge is -2.16. The van der Waals surface area contributed by atoms with Gasteiger partial charge in [0.2, 0.25) is 5.91 Å². The summed E-state index contributed by atoms with van der Waals surface area (Å²) < 4.78 is 21.1. The number of rotatable bonds is 9. The molecule has 3 heterocycles. The molecule has 0 saturated carbocycles. The zero-order valence-electron chi connectivity index (χ0n) is 25.1. The third-order valence-electron chi connectivity index (χ3n) is 7.83. The van der Waals surface area contributed by atoms with Crippen LogP contribution in [0.3, 0.4) is 0 Å². The van der Waals surface area contributed by atoms with Gasteiger partial charge in [-0.2, -0.15) is 5.10 Å². The van der Waals surface area contributed by atoms with E-state index in [9.17, 15) is 9.18 Å². The number of thiophene rings is 1. The van der Waals surface area contributed by atoms with Crippen LogP contribution < -0.4 is 20.3 Å². The van der Waals surface area contributed by atoms with Crippen molar-refractivity contribution in [3.05, 3.63) is 107 Å². The number of hydrogen-bond donors (Lipinski definition) is 2. The molecule has 7 rings (SSSR count). The first-order valence-corrected chi connectivity index (χ1v) is 15.8. The van der Waals surface area contributed by atoms with Crippen LogP contribution in [0.2, 0.25) is 5.02 Å². The SMILES string of the molecule is CN(C)c1ccc(NC(=O)Cn2ncc3c2CCc2c-3sc3ncnc(Nc4ccc(OCc5cccc(F)c5)c(Cl)c4)c23)cc1. The van der Waals surface area contributed by atoms with Crippen molar-refractivity contribution in [3.8, 4) is 16.2 Å². The molecule has 0 bridgehead atoms. The summed E-state index contributed by atoms with van der Waals surface area (Å²) in [5, 5.41) is 12.4. The van der Waals surface area contributed by atoms with Crippen molar-refractivity contribution in [3.63, 3.8) is 0 Å². The number of carbonyl (C=O) groups is 1. The second-order valence-corrected chi connectivity index (χ2v) is 12.6. The lowest BCUT2D eigenvalue weighted by Crippen LogP contribution is -2.21. The molecule has 0 fully saturated rings. The van der Waals surface area contributed by atoms with Crippen LogP contribution in [0.1, 0.15) is 16.8 Å². The molecular formula is C34H29ClFN7O2S. The fraction of sp³-hybridized carbons (Fsp3) is 0.176. The Morgan fingerprint density at radius 3 is 2.67 bits per heavy atom.